The molecule has 17 heavy (non-hydrogen) atoms. The van der Waals surface area contributed by atoms with E-state index in [1.54, 1.807) is 0 Å². The van der Waals surface area contributed by atoms with E-state index in [4.69, 9.17) is 0 Å². The van der Waals surface area contributed by atoms with Gasteiger partial charge < -0.3 is 0 Å². The summed E-state index contributed by atoms with van der Waals surface area (Å²) in [5.41, 5.74) is 0. The van der Waals surface area contributed by atoms with Gasteiger partial charge in [-0.05, 0) is 17.4 Å². The highest BCUT2D eigenvalue weighted by atomic mass is 13.8. The number of hydrogen-bond acceptors (Lipinski definition) is 0. The van der Waals surface area contributed by atoms with Crippen LogP contribution in [0.15, 0.2) is 50.1 Å². The highest BCUT2D eigenvalue weighted by Crippen LogP contribution is 1.72. The summed E-state index contributed by atoms with van der Waals surface area (Å²) < 4.78 is 0. The Hall–Kier alpha value is -1.56. The molecule has 0 spiro atoms. The minimum atomic E-state index is 1.23. The fourth-order valence-electron chi connectivity index (χ4n) is 1.05. The van der Waals surface area contributed by atoms with Crippen LogP contribution in [0, 0.1) is 0 Å². The van der Waals surface area contributed by atoms with Crippen molar-refractivity contribution in [2.24, 2.45) is 0 Å². The Kier molecular flexibility index (Phi) is 24.4. The molecule has 0 fully saturated rings. The van der Waals surface area contributed by atoms with E-state index in [0.29, 0.717) is 0 Å². The van der Waals surface area contributed by atoms with Gasteiger partial charge in [0.1, 0.15) is 0 Å². The lowest BCUT2D eigenvalue weighted by Crippen LogP contribution is -2.22. The van der Waals surface area contributed by atoms with E-state index < -0.39 is 0 Å². The summed E-state index contributed by atoms with van der Waals surface area (Å²) in [6, 6.07) is 8.24. The highest BCUT2D eigenvalue weighted by Gasteiger charge is 1.78. The monoisotopic (exact) mass is 232 g/mol. The molecule has 1 aromatic rings. The Bertz CT molecular complexity index is 358. The third kappa shape index (κ3) is 10.7. The van der Waals surface area contributed by atoms with Gasteiger partial charge in [0.05, 0.1) is 0 Å². The molecule has 1 aromatic carbocycles. The van der Waals surface area contributed by atoms with Gasteiger partial charge in [-0.2, -0.15) is 0 Å². The summed E-state index contributed by atoms with van der Waals surface area (Å²) >= 11 is 0. The highest BCUT2D eigenvalue weighted by molar-refractivity contribution is 5.37. The maximum Gasteiger partial charge on any atom is -0.0188 e. The fourth-order valence-corrected chi connectivity index (χ4v) is 1.05. The lowest BCUT2D eigenvalue weighted by molar-refractivity contribution is 1.50. The fraction of sp³-hybridized carbons (Fsp3) is 0.294. The van der Waals surface area contributed by atoms with Crippen molar-refractivity contribution < 1.29 is 0 Å². The van der Waals surface area contributed by atoms with Gasteiger partial charge in [-0.3, -0.25) is 0 Å². The minimum Gasteiger partial charge on any atom is -0.106 e. The van der Waals surface area contributed by atoms with Gasteiger partial charge in [-0.25, -0.2) is 0 Å². The molecule has 0 aliphatic rings. The van der Waals surface area contributed by atoms with Crippen molar-refractivity contribution in [3.63, 3.8) is 0 Å². The lowest BCUT2D eigenvalue weighted by Gasteiger charge is -1.86. The molecule has 0 aliphatic carbocycles. The molecule has 0 heterocycles. The first-order valence-corrected chi connectivity index (χ1v) is 6.22. The van der Waals surface area contributed by atoms with Gasteiger partial charge >= 0.3 is 0 Å². The normalized spacial score (nSPS) is 9.71. The van der Waals surface area contributed by atoms with Crippen molar-refractivity contribution in [1.29, 1.82) is 0 Å². The van der Waals surface area contributed by atoms with E-state index in [1.807, 2.05) is 58.9 Å². The molecule has 96 valence electrons. The lowest BCUT2D eigenvalue weighted by atomic mass is 10.2. The number of hydrogen-bond donors (Lipinski definition) is 0. The molecular weight excluding hydrogens is 204 g/mol. The van der Waals surface area contributed by atoms with Crippen molar-refractivity contribution in [2.45, 2.75) is 34.6 Å². The Morgan fingerprint density at radius 1 is 0.882 bits per heavy atom. The number of rotatable bonds is 1. The first kappa shape index (κ1) is 20.8. The van der Waals surface area contributed by atoms with Gasteiger partial charge in [0, 0.05) is 0 Å². The summed E-state index contributed by atoms with van der Waals surface area (Å²) in [7, 11) is 0. The van der Waals surface area contributed by atoms with Crippen molar-refractivity contribution in [2.75, 3.05) is 0 Å². The van der Waals surface area contributed by atoms with Gasteiger partial charge in [0.25, 0.3) is 0 Å². The predicted molar refractivity (Wildman–Crippen MR) is 84.4 cm³/mol. The smallest absolute Gasteiger partial charge is 0.0188 e. The van der Waals surface area contributed by atoms with Crippen LogP contribution in [-0.4, -0.2) is 0 Å². The molecule has 0 N–H and O–H groups in total. The van der Waals surface area contributed by atoms with Crippen molar-refractivity contribution in [3.05, 3.63) is 60.5 Å². The maximum absolute atomic E-state index is 3.66. The standard InChI is InChI=1S/C11H12.2C2H6.C2H4/c1-3-7-11-9-6-5-8-10(11)4-2;3*1-2/h3-9H,1H2,2H3;2*1-2H3;1-2H2/b10-4-,11-7-;;;. The van der Waals surface area contributed by atoms with Crippen LogP contribution >= 0.6 is 0 Å². The Balaban J connectivity index is -0.000000285. The quantitative estimate of drug-likeness (QED) is 0.633. The summed E-state index contributed by atoms with van der Waals surface area (Å²) in [5.74, 6) is 0. The summed E-state index contributed by atoms with van der Waals surface area (Å²) in [6.45, 7) is 19.7. The van der Waals surface area contributed by atoms with Gasteiger partial charge in [-0.1, -0.05) is 76.8 Å². The van der Waals surface area contributed by atoms with E-state index >= 15 is 0 Å². The van der Waals surface area contributed by atoms with E-state index in [0.717, 1.165) is 0 Å². The van der Waals surface area contributed by atoms with Crippen LogP contribution < -0.4 is 10.4 Å². The molecule has 0 bridgehead atoms. The molecule has 0 nitrogen and oxygen atoms in total. The zero-order chi connectivity index (χ0) is 14.1. The zero-order valence-corrected chi connectivity index (χ0v) is 12.2. The molecule has 0 unspecified atom stereocenters. The summed E-state index contributed by atoms with van der Waals surface area (Å²) in [5, 5.41) is 2.48. The van der Waals surface area contributed by atoms with Crippen molar-refractivity contribution >= 4 is 12.2 Å². The second-order valence-corrected chi connectivity index (χ2v) is 2.32. The van der Waals surface area contributed by atoms with E-state index in [9.17, 15) is 0 Å². The van der Waals surface area contributed by atoms with Crippen LogP contribution in [0.25, 0.3) is 12.2 Å². The van der Waals surface area contributed by atoms with Crippen LogP contribution in [0.4, 0.5) is 0 Å². The Labute approximate surface area is 108 Å². The molecule has 1 rings (SSSR count). The second-order valence-electron chi connectivity index (χ2n) is 2.32. The van der Waals surface area contributed by atoms with Crippen LogP contribution in [0.3, 0.4) is 0 Å². The molecule has 0 aromatic heterocycles. The molecule has 0 amide bonds. The summed E-state index contributed by atoms with van der Waals surface area (Å²) in [4.78, 5) is 0. The van der Waals surface area contributed by atoms with Gasteiger partial charge in [0.2, 0.25) is 0 Å². The minimum absolute atomic E-state index is 1.23. The van der Waals surface area contributed by atoms with Crippen LogP contribution in [-0.2, 0) is 0 Å². The third-order valence-corrected chi connectivity index (χ3v) is 1.60. The molecule has 0 aliphatic heterocycles. The van der Waals surface area contributed by atoms with E-state index in [2.05, 4.69) is 37.9 Å². The van der Waals surface area contributed by atoms with Crippen LogP contribution in [0.1, 0.15) is 34.6 Å². The molecule has 0 heteroatoms. The van der Waals surface area contributed by atoms with Crippen molar-refractivity contribution in [3.8, 4) is 0 Å². The first-order chi connectivity index (χ1) is 8.38. The van der Waals surface area contributed by atoms with Gasteiger partial charge in [-0.15, -0.1) is 13.2 Å². The maximum atomic E-state index is 3.66. The molecule has 0 saturated carbocycles. The molecular formula is C17H28. The topological polar surface area (TPSA) is 0 Å². The SMILES string of the molecule is C=C.C=C/C=c1/cccc/c1=C/C.CC.CC. The van der Waals surface area contributed by atoms with Crippen LogP contribution in [0.5, 0.6) is 0 Å². The Morgan fingerprint density at radius 3 is 1.65 bits per heavy atom. The second kappa shape index (κ2) is 19.9. The number of benzene rings is 1. The molecule has 0 atom stereocenters. The van der Waals surface area contributed by atoms with Crippen molar-refractivity contribution in [1.82, 2.24) is 0 Å². The number of allylic oxidation sites excluding steroid dienone is 1. The summed E-state index contributed by atoms with van der Waals surface area (Å²) in [6.07, 6.45) is 5.91. The molecule has 0 radical (unpaired) electrons. The average Bonchev–Trinajstić information content (AvgIpc) is 2.46. The molecule has 0 saturated heterocycles. The Morgan fingerprint density at radius 2 is 1.29 bits per heavy atom. The van der Waals surface area contributed by atoms with E-state index in [-0.39, 0.29) is 0 Å². The zero-order valence-electron chi connectivity index (χ0n) is 12.2. The largest absolute Gasteiger partial charge is 0.106 e. The van der Waals surface area contributed by atoms with Crippen LogP contribution in [0.2, 0.25) is 0 Å². The van der Waals surface area contributed by atoms with Gasteiger partial charge in [0.15, 0.2) is 0 Å². The third-order valence-electron chi connectivity index (χ3n) is 1.60. The average molecular weight is 232 g/mol. The predicted octanol–water partition coefficient (Wildman–Crippen LogP) is 4.31. The first-order valence-electron chi connectivity index (χ1n) is 6.22. The van der Waals surface area contributed by atoms with E-state index in [1.165, 1.54) is 10.4 Å².